The molecule has 0 bridgehead atoms. The average molecular weight is 290 g/mol. The molecule has 1 aliphatic rings. The molecular weight excluding hydrogens is 272 g/mol. The van der Waals surface area contributed by atoms with Gasteiger partial charge in [0.1, 0.15) is 5.75 Å². The van der Waals surface area contributed by atoms with Gasteiger partial charge in [-0.2, -0.15) is 5.10 Å². The number of nitrogens with zero attached hydrogens (tertiary/aromatic N) is 2. The summed E-state index contributed by atoms with van der Waals surface area (Å²) in [7, 11) is 0. The number of phenolic OH excluding ortho intramolecular Hbond substituents is 1. The summed E-state index contributed by atoms with van der Waals surface area (Å²) >= 11 is 0. The SMILES string of the molecule is Oc1ccc(-c2c3c(nn2-c2ccccc2)CCCC3)cc1. The molecule has 0 unspecified atom stereocenters. The van der Waals surface area contributed by atoms with Gasteiger partial charge in [0.15, 0.2) is 0 Å². The molecule has 4 rings (SSSR count). The highest BCUT2D eigenvalue weighted by Gasteiger charge is 2.22. The van der Waals surface area contributed by atoms with Gasteiger partial charge >= 0.3 is 0 Å². The van der Waals surface area contributed by atoms with E-state index in [9.17, 15) is 5.11 Å². The summed E-state index contributed by atoms with van der Waals surface area (Å²) in [4.78, 5) is 0. The largest absolute Gasteiger partial charge is 0.508 e. The lowest BCUT2D eigenvalue weighted by Gasteiger charge is -2.12. The molecule has 3 heteroatoms. The van der Waals surface area contributed by atoms with Gasteiger partial charge in [-0.25, -0.2) is 4.68 Å². The first-order chi connectivity index (χ1) is 10.8. The monoisotopic (exact) mass is 290 g/mol. The van der Waals surface area contributed by atoms with E-state index >= 15 is 0 Å². The van der Waals surface area contributed by atoms with E-state index in [1.54, 1.807) is 12.1 Å². The van der Waals surface area contributed by atoms with Crippen molar-refractivity contribution in [3.8, 4) is 22.7 Å². The summed E-state index contributed by atoms with van der Waals surface area (Å²) in [6.45, 7) is 0. The Balaban J connectivity index is 1.94. The van der Waals surface area contributed by atoms with Crippen LogP contribution in [0.15, 0.2) is 54.6 Å². The van der Waals surface area contributed by atoms with Gasteiger partial charge in [-0.1, -0.05) is 18.2 Å². The highest BCUT2D eigenvalue weighted by molar-refractivity contribution is 5.68. The first kappa shape index (κ1) is 13.1. The molecule has 1 aliphatic carbocycles. The summed E-state index contributed by atoms with van der Waals surface area (Å²) < 4.78 is 2.06. The minimum atomic E-state index is 0.295. The van der Waals surface area contributed by atoms with Crippen molar-refractivity contribution in [3.05, 3.63) is 65.9 Å². The van der Waals surface area contributed by atoms with Crippen LogP contribution < -0.4 is 0 Å². The van der Waals surface area contributed by atoms with E-state index in [-0.39, 0.29) is 0 Å². The van der Waals surface area contributed by atoms with Crippen LogP contribution in [-0.2, 0) is 12.8 Å². The second-order valence-corrected chi connectivity index (χ2v) is 5.78. The Labute approximate surface area is 129 Å². The smallest absolute Gasteiger partial charge is 0.115 e. The molecule has 1 N–H and O–H groups in total. The van der Waals surface area contributed by atoms with Crippen LogP contribution in [0.5, 0.6) is 5.75 Å². The van der Waals surface area contributed by atoms with Crippen molar-refractivity contribution in [1.29, 1.82) is 0 Å². The number of aryl methyl sites for hydroxylation is 1. The molecule has 0 radical (unpaired) electrons. The fourth-order valence-electron chi connectivity index (χ4n) is 3.23. The minimum absolute atomic E-state index is 0.295. The first-order valence-corrected chi connectivity index (χ1v) is 7.78. The van der Waals surface area contributed by atoms with Crippen LogP contribution in [0.3, 0.4) is 0 Å². The quantitative estimate of drug-likeness (QED) is 0.771. The number of aromatic hydroxyl groups is 1. The zero-order valence-corrected chi connectivity index (χ0v) is 12.4. The molecule has 0 saturated heterocycles. The van der Waals surface area contributed by atoms with Crippen LogP contribution in [0.4, 0.5) is 0 Å². The molecular formula is C19H18N2O. The fourth-order valence-corrected chi connectivity index (χ4v) is 3.23. The summed E-state index contributed by atoms with van der Waals surface area (Å²) in [5, 5.41) is 14.4. The van der Waals surface area contributed by atoms with E-state index in [1.807, 2.05) is 30.3 Å². The zero-order valence-electron chi connectivity index (χ0n) is 12.4. The van der Waals surface area contributed by atoms with Crippen LogP contribution in [0, 0.1) is 0 Å². The lowest BCUT2D eigenvalue weighted by Crippen LogP contribution is -2.01. The highest BCUT2D eigenvalue weighted by atomic mass is 16.3. The maximum absolute atomic E-state index is 9.56. The Kier molecular flexibility index (Phi) is 3.19. The molecule has 1 heterocycles. The number of phenols is 1. The zero-order chi connectivity index (χ0) is 14.9. The molecule has 3 aromatic rings. The summed E-state index contributed by atoms with van der Waals surface area (Å²) in [6.07, 6.45) is 4.57. The second kappa shape index (κ2) is 5.34. The third-order valence-corrected chi connectivity index (χ3v) is 4.30. The lowest BCUT2D eigenvalue weighted by molar-refractivity contribution is 0.475. The lowest BCUT2D eigenvalue weighted by atomic mass is 9.93. The number of aromatic nitrogens is 2. The summed E-state index contributed by atoms with van der Waals surface area (Å²) in [5.41, 5.74) is 5.94. The van der Waals surface area contributed by atoms with Gasteiger partial charge in [-0.05, 0) is 62.1 Å². The third kappa shape index (κ3) is 2.19. The van der Waals surface area contributed by atoms with Gasteiger partial charge < -0.3 is 5.11 Å². The molecule has 0 saturated carbocycles. The number of benzene rings is 2. The van der Waals surface area contributed by atoms with Gasteiger partial charge in [0.2, 0.25) is 0 Å². The number of hydrogen-bond acceptors (Lipinski definition) is 2. The predicted octanol–water partition coefficient (Wildman–Crippen LogP) is 4.12. The maximum Gasteiger partial charge on any atom is 0.115 e. The Bertz CT molecular complexity index is 788. The van der Waals surface area contributed by atoms with Crippen molar-refractivity contribution < 1.29 is 5.11 Å². The molecule has 0 aliphatic heterocycles. The van der Waals surface area contributed by atoms with E-state index in [0.29, 0.717) is 5.75 Å². The molecule has 0 atom stereocenters. The van der Waals surface area contributed by atoms with Gasteiger partial charge in [0, 0.05) is 11.1 Å². The minimum Gasteiger partial charge on any atom is -0.508 e. The van der Waals surface area contributed by atoms with Gasteiger partial charge in [0.05, 0.1) is 17.1 Å². The fraction of sp³-hybridized carbons (Fsp3) is 0.211. The van der Waals surface area contributed by atoms with Crippen LogP contribution >= 0.6 is 0 Å². The molecule has 0 amide bonds. The van der Waals surface area contributed by atoms with E-state index in [4.69, 9.17) is 5.10 Å². The number of fused-ring (bicyclic) bond motifs is 1. The Morgan fingerprint density at radius 1 is 0.864 bits per heavy atom. The van der Waals surface area contributed by atoms with E-state index in [2.05, 4.69) is 16.8 Å². The average Bonchev–Trinajstić information content (AvgIpc) is 2.96. The van der Waals surface area contributed by atoms with Crippen molar-refractivity contribution in [1.82, 2.24) is 9.78 Å². The molecule has 1 aromatic heterocycles. The Hall–Kier alpha value is -2.55. The van der Waals surface area contributed by atoms with Crippen LogP contribution in [0.25, 0.3) is 16.9 Å². The van der Waals surface area contributed by atoms with Gasteiger partial charge in [-0.3, -0.25) is 0 Å². The van der Waals surface area contributed by atoms with Crippen molar-refractivity contribution in [2.75, 3.05) is 0 Å². The predicted molar refractivity (Wildman–Crippen MR) is 87.3 cm³/mol. The standard InChI is InChI=1S/C19H18N2O/c22-16-12-10-14(11-13-16)19-17-8-4-5-9-18(17)20-21(19)15-6-2-1-3-7-15/h1-3,6-7,10-13,22H,4-5,8-9H2. The van der Waals surface area contributed by atoms with Crippen molar-refractivity contribution in [2.45, 2.75) is 25.7 Å². The summed E-state index contributed by atoms with van der Waals surface area (Å²) in [6, 6.07) is 17.7. The van der Waals surface area contributed by atoms with E-state index in [0.717, 1.165) is 24.1 Å². The van der Waals surface area contributed by atoms with Crippen LogP contribution in [0.1, 0.15) is 24.1 Å². The van der Waals surface area contributed by atoms with Crippen molar-refractivity contribution in [2.24, 2.45) is 0 Å². The number of hydrogen-bond donors (Lipinski definition) is 1. The highest BCUT2D eigenvalue weighted by Crippen LogP contribution is 2.34. The number of rotatable bonds is 2. The van der Waals surface area contributed by atoms with Crippen LogP contribution in [-0.4, -0.2) is 14.9 Å². The van der Waals surface area contributed by atoms with E-state index in [1.165, 1.54) is 29.8 Å². The first-order valence-electron chi connectivity index (χ1n) is 7.78. The number of para-hydroxylation sites is 1. The van der Waals surface area contributed by atoms with Crippen molar-refractivity contribution >= 4 is 0 Å². The molecule has 0 fully saturated rings. The molecule has 2 aromatic carbocycles. The second-order valence-electron chi connectivity index (χ2n) is 5.78. The Morgan fingerprint density at radius 2 is 1.59 bits per heavy atom. The molecule has 3 nitrogen and oxygen atoms in total. The molecule has 0 spiro atoms. The van der Waals surface area contributed by atoms with Crippen LogP contribution in [0.2, 0.25) is 0 Å². The van der Waals surface area contributed by atoms with Gasteiger partial charge in [-0.15, -0.1) is 0 Å². The summed E-state index contributed by atoms with van der Waals surface area (Å²) in [5.74, 6) is 0.295. The normalized spacial score (nSPS) is 13.8. The van der Waals surface area contributed by atoms with E-state index < -0.39 is 0 Å². The van der Waals surface area contributed by atoms with Crippen molar-refractivity contribution in [3.63, 3.8) is 0 Å². The molecule has 110 valence electrons. The third-order valence-electron chi connectivity index (χ3n) is 4.30. The maximum atomic E-state index is 9.56. The molecule has 22 heavy (non-hydrogen) atoms. The Morgan fingerprint density at radius 3 is 2.36 bits per heavy atom. The topological polar surface area (TPSA) is 38.1 Å². The van der Waals surface area contributed by atoms with Gasteiger partial charge in [0.25, 0.3) is 0 Å².